The fourth-order valence-electron chi connectivity index (χ4n) is 4.24. The van der Waals surface area contributed by atoms with E-state index in [1.54, 1.807) is 6.07 Å². The molecule has 0 unspecified atom stereocenters. The first-order valence-corrected chi connectivity index (χ1v) is 11.1. The number of fused-ring (bicyclic) bond motifs is 1. The third kappa shape index (κ3) is 4.32. The van der Waals surface area contributed by atoms with Gasteiger partial charge in [-0.2, -0.15) is 0 Å². The quantitative estimate of drug-likeness (QED) is 0.529. The number of carbonyl (C=O) groups excluding carboxylic acids is 1. The maximum Gasteiger partial charge on any atom is 0.268 e. The van der Waals surface area contributed by atoms with E-state index < -0.39 is 6.10 Å². The van der Waals surface area contributed by atoms with Crippen molar-refractivity contribution in [3.8, 4) is 0 Å². The lowest BCUT2D eigenvalue weighted by Crippen LogP contribution is -2.30. The molecule has 0 aliphatic carbocycles. The molecule has 1 aromatic heterocycles. The average molecular weight is 426 g/mol. The molecular formula is C24H28ClN3O2. The molecule has 2 aromatic carbocycles. The van der Waals surface area contributed by atoms with Crippen LogP contribution in [0.3, 0.4) is 0 Å². The number of H-pyrrole nitrogens is 1. The van der Waals surface area contributed by atoms with Gasteiger partial charge < -0.3 is 20.3 Å². The molecular weight excluding hydrogens is 398 g/mol. The maximum atomic E-state index is 12.8. The van der Waals surface area contributed by atoms with Crippen LogP contribution in [0.4, 0.5) is 5.69 Å². The minimum atomic E-state index is -0.756. The molecule has 0 radical (unpaired) electrons. The van der Waals surface area contributed by atoms with E-state index in [0.717, 1.165) is 35.1 Å². The van der Waals surface area contributed by atoms with Gasteiger partial charge in [0.1, 0.15) is 5.69 Å². The topological polar surface area (TPSA) is 68.4 Å². The Hall–Kier alpha value is -2.50. The van der Waals surface area contributed by atoms with E-state index in [1.165, 1.54) is 24.9 Å². The largest absolute Gasteiger partial charge is 0.387 e. The van der Waals surface area contributed by atoms with Crippen molar-refractivity contribution in [1.82, 2.24) is 10.3 Å². The number of halogens is 1. The fourth-order valence-corrected chi connectivity index (χ4v) is 4.41. The first kappa shape index (κ1) is 20.8. The highest BCUT2D eigenvalue weighted by Crippen LogP contribution is 2.26. The van der Waals surface area contributed by atoms with Crippen LogP contribution in [0.2, 0.25) is 5.02 Å². The summed E-state index contributed by atoms with van der Waals surface area (Å²) in [6, 6.07) is 13.6. The summed E-state index contributed by atoms with van der Waals surface area (Å²) in [4.78, 5) is 18.4. The molecule has 158 valence electrons. The Morgan fingerprint density at radius 2 is 1.90 bits per heavy atom. The lowest BCUT2D eigenvalue weighted by atomic mass is 10.1. The number of aliphatic hydroxyl groups is 1. The van der Waals surface area contributed by atoms with Gasteiger partial charge in [0.05, 0.1) is 6.10 Å². The van der Waals surface area contributed by atoms with Gasteiger partial charge in [0.15, 0.2) is 0 Å². The number of aromatic amines is 1. The molecule has 0 bridgehead atoms. The van der Waals surface area contributed by atoms with Gasteiger partial charge in [-0.15, -0.1) is 0 Å². The number of anilines is 1. The van der Waals surface area contributed by atoms with E-state index in [9.17, 15) is 9.90 Å². The molecule has 1 fully saturated rings. The second kappa shape index (κ2) is 9.11. The number of nitrogens with zero attached hydrogens (tertiary/aromatic N) is 1. The Labute approximate surface area is 182 Å². The van der Waals surface area contributed by atoms with Crippen molar-refractivity contribution >= 4 is 34.1 Å². The van der Waals surface area contributed by atoms with Crippen molar-refractivity contribution in [2.45, 2.75) is 38.7 Å². The number of piperidine rings is 1. The number of hydrogen-bond acceptors (Lipinski definition) is 3. The van der Waals surface area contributed by atoms with E-state index in [0.29, 0.717) is 17.1 Å². The van der Waals surface area contributed by atoms with Crippen molar-refractivity contribution in [3.05, 3.63) is 64.3 Å². The van der Waals surface area contributed by atoms with Crippen LogP contribution in [0.15, 0.2) is 42.5 Å². The summed E-state index contributed by atoms with van der Waals surface area (Å²) < 4.78 is 0. The highest BCUT2D eigenvalue weighted by Gasteiger charge is 2.18. The zero-order valence-corrected chi connectivity index (χ0v) is 18.0. The number of nitrogens with one attached hydrogen (secondary N) is 2. The lowest BCUT2D eigenvalue weighted by Gasteiger charge is -2.29. The van der Waals surface area contributed by atoms with Crippen LogP contribution < -0.4 is 10.2 Å². The molecule has 6 heteroatoms. The highest BCUT2D eigenvalue weighted by molar-refractivity contribution is 6.31. The van der Waals surface area contributed by atoms with E-state index >= 15 is 0 Å². The van der Waals surface area contributed by atoms with Crippen LogP contribution in [0.5, 0.6) is 0 Å². The summed E-state index contributed by atoms with van der Waals surface area (Å²) in [6.45, 7) is 4.35. The molecule has 3 aromatic rings. The Bertz CT molecular complexity index is 1020. The van der Waals surface area contributed by atoms with Crippen LogP contribution in [-0.4, -0.2) is 35.6 Å². The smallest absolute Gasteiger partial charge is 0.268 e. The maximum absolute atomic E-state index is 12.8. The standard InChI is InChI=1S/C24H28ClN3O2/c1-2-19-20-14-17(25)8-11-21(20)27-23(19)24(30)26-15-22(29)16-6-9-18(10-7-16)28-12-4-3-5-13-28/h6-11,14,22,27,29H,2-5,12-13,15H2,1H3,(H,26,30)/t22-/m1/s1. The molecule has 0 saturated carbocycles. The SMILES string of the molecule is CCc1c(C(=O)NC[C@@H](O)c2ccc(N3CCCCC3)cc2)[nH]c2ccc(Cl)cc12. The molecule has 30 heavy (non-hydrogen) atoms. The van der Waals surface area contributed by atoms with Crippen molar-refractivity contribution in [2.75, 3.05) is 24.5 Å². The Morgan fingerprint density at radius 3 is 2.60 bits per heavy atom. The van der Waals surface area contributed by atoms with Gasteiger partial charge >= 0.3 is 0 Å². The summed E-state index contributed by atoms with van der Waals surface area (Å²) in [5.74, 6) is -0.219. The number of benzene rings is 2. The van der Waals surface area contributed by atoms with Crippen LogP contribution in [-0.2, 0) is 6.42 Å². The summed E-state index contributed by atoms with van der Waals surface area (Å²) in [5, 5.41) is 15.0. The molecule has 1 atom stereocenters. The summed E-state index contributed by atoms with van der Waals surface area (Å²) >= 11 is 6.12. The zero-order valence-electron chi connectivity index (χ0n) is 17.2. The number of hydrogen-bond donors (Lipinski definition) is 3. The van der Waals surface area contributed by atoms with Gasteiger partial charge in [-0.05, 0) is 67.1 Å². The van der Waals surface area contributed by atoms with Crippen LogP contribution in [0.25, 0.3) is 10.9 Å². The third-order valence-electron chi connectivity index (χ3n) is 5.90. The monoisotopic (exact) mass is 425 g/mol. The van der Waals surface area contributed by atoms with E-state index in [4.69, 9.17) is 11.6 Å². The molecule has 3 N–H and O–H groups in total. The van der Waals surface area contributed by atoms with Gasteiger partial charge in [-0.25, -0.2) is 0 Å². The molecule has 0 spiro atoms. The van der Waals surface area contributed by atoms with Crippen LogP contribution >= 0.6 is 11.6 Å². The third-order valence-corrected chi connectivity index (χ3v) is 6.14. The highest BCUT2D eigenvalue weighted by atomic mass is 35.5. The van der Waals surface area contributed by atoms with Gasteiger partial charge in [0.2, 0.25) is 0 Å². The second-order valence-corrected chi connectivity index (χ2v) is 8.32. The number of aromatic nitrogens is 1. The minimum Gasteiger partial charge on any atom is -0.387 e. The average Bonchev–Trinajstić information content (AvgIpc) is 3.15. The number of amides is 1. The molecule has 5 nitrogen and oxygen atoms in total. The zero-order chi connectivity index (χ0) is 21.1. The Morgan fingerprint density at radius 1 is 1.17 bits per heavy atom. The number of rotatable bonds is 6. The van der Waals surface area contributed by atoms with Crippen molar-refractivity contribution in [3.63, 3.8) is 0 Å². The first-order valence-electron chi connectivity index (χ1n) is 10.7. The Balaban J connectivity index is 1.41. The minimum absolute atomic E-state index is 0.154. The summed E-state index contributed by atoms with van der Waals surface area (Å²) in [6.07, 6.45) is 3.72. The first-order chi connectivity index (χ1) is 14.6. The fraction of sp³-hybridized carbons (Fsp3) is 0.375. The van der Waals surface area contributed by atoms with Gasteiger partial charge in [-0.3, -0.25) is 4.79 Å². The van der Waals surface area contributed by atoms with Crippen molar-refractivity contribution < 1.29 is 9.90 Å². The molecule has 1 saturated heterocycles. The summed E-state index contributed by atoms with van der Waals surface area (Å²) in [5.41, 5.74) is 4.34. The van der Waals surface area contributed by atoms with Crippen LogP contribution in [0, 0.1) is 0 Å². The predicted octanol–water partition coefficient (Wildman–Crippen LogP) is 4.84. The number of carbonyl (C=O) groups is 1. The lowest BCUT2D eigenvalue weighted by molar-refractivity contribution is 0.0911. The normalized spacial score (nSPS) is 15.4. The molecule has 2 heterocycles. The molecule has 1 aliphatic rings. The number of aliphatic hydroxyl groups excluding tert-OH is 1. The Kier molecular flexibility index (Phi) is 6.30. The van der Waals surface area contributed by atoms with E-state index in [2.05, 4.69) is 27.3 Å². The van der Waals surface area contributed by atoms with Gasteiger partial charge in [-0.1, -0.05) is 30.7 Å². The second-order valence-electron chi connectivity index (χ2n) is 7.89. The molecule has 1 aliphatic heterocycles. The van der Waals surface area contributed by atoms with Gasteiger partial charge in [0, 0.05) is 41.2 Å². The number of aryl methyl sites for hydroxylation is 1. The van der Waals surface area contributed by atoms with Crippen molar-refractivity contribution in [2.24, 2.45) is 0 Å². The predicted molar refractivity (Wildman–Crippen MR) is 122 cm³/mol. The van der Waals surface area contributed by atoms with Crippen molar-refractivity contribution in [1.29, 1.82) is 0 Å². The van der Waals surface area contributed by atoms with Gasteiger partial charge in [0.25, 0.3) is 5.91 Å². The van der Waals surface area contributed by atoms with E-state index in [1.807, 2.05) is 31.2 Å². The molecule has 1 amide bonds. The van der Waals surface area contributed by atoms with E-state index in [-0.39, 0.29) is 12.5 Å². The molecule has 4 rings (SSSR count). The van der Waals surface area contributed by atoms with Crippen LogP contribution in [0.1, 0.15) is 53.9 Å². The summed E-state index contributed by atoms with van der Waals surface area (Å²) in [7, 11) is 0.